The number of piperidine rings is 1. The summed E-state index contributed by atoms with van der Waals surface area (Å²) in [4.78, 5) is 20.2. The van der Waals surface area contributed by atoms with Crippen LogP contribution in [0.4, 0.5) is 4.39 Å². The summed E-state index contributed by atoms with van der Waals surface area (Å²) in [7, 11) is 1.90. The minimum Gasteiger partial charge on any atom is -0.348 e. The molecule has 6 nitrogen and oxygen atoms in total. The second-order valence-electron chi connectivity index (χ2n) is 9.84. The normalized spacial score (nSPS) is 22.1. The molecule has 0 spiro atoms. The van der Waals surface area contributed by atoms with Crippen LogP contribution < -0.4 is 5.32 Å². The molecule has 2 aliphatic heterocycles. The van der Waals surface area contributed by atoms with E-state index in [4.69, 9.17) is 0 Å². The van der Waals surface area contributed by atoms with Gasteiger partial charge < -0.3 is 5.32 Å². The van der Waals surface area contributed by atoms with Gasteiger partial charge in [0.1, 0.15) is 11.4 Å². The van der Waals surface area contributed by atoms with Gasteiger partial charge in [-0.1, -0.05) is 12.1 Å². The Labute approximate surface area is 189 Å². The maximum Gasteiger partial charge on any atom is 0.270 e. The van der Waals surface area contributed by atoms with Crippen LogP contribution in [-0.2, 0) is 18.3 Å². The van der Waals surface area contributed by atoms with Crippen LogP contribution in [0.3, 0.4) is 0 Å². The summed E-state index contributed by atoms with van der Waals surface area (Å²) < 4.78 is 15.9. The first-order valence-electron chi connectivity index (χ1n) is 11.6. The Morgan fingerprint density at radius 3 is 2.81 bits per heavy atom. The molecular formula is C25H34FN5O. The summed E-state index contributed by atoms with van der Waals surface area (Å²) in [5.41, 5.74) is 3.47. The number of nitrogens with one attached hydrogen (secondary N) is 1. The highest BCUT2D eigenvalue weighted by Gasteiger charge is 2.31. The number of nitrogens with zero attached hydrogens (tertiary/aromatic N) is 4. The smallest absolute Gasteiger partial charge is 0.270 e. The van der Waals surface area contributed by atoms with E-state index in [-0.39, 0.29) is 18.0 Å². The molecule has 0 aliphatic carbocycles. The monoisotopic (exact) mass is 439 g/mol. The van der Waals surface area contributed by atoms with Gasteiger partial charge in [0.2, 0.25) is 0 Å². The molecular weight excluding hydrogens is 405 g/mol. The Hall–Kier alpha value is -2.54. The first kappa shape index (κ1) is 22.6. The molecule has 172 valence electrons. The highest BCUT2D eigenvalue weighted by atomic mass is 19.1. The fourth-order valence-corrected chi connectivity index (χ4v) is 4.83. The number of aliphatic imine (C=N–C) groups is 1. The van der Waals surface area contributed by atoms with Crippen molar-refractivity contribution in [1.29, 1.82) is 0 Å². The molecule has 32 heavy (non-hydrogen) atoms. The van der Waals surface area contributed by atoms with E-state index in [9.17, 15) is 9.18 Å². The van der Waals surface area contributed by atoms with Crippen LogP contribution in [0, 0.1) is 0 Å². The van der Waals surface area contributed by atoms with Crippen molar-refractivity contribution in [2.75, 3.05) is 19.6 Å². The number of aryl methyl sites for hydroxylation is 2. The maximum atomic E-state index is 14.1. The average molecular weight is 440 g/mol. The molecule has 1 N–H and O–H groups in total. The van der Waals surface area contributed by atoms with E-state index >= 15 is 0 Å². The third-order valence-corrected chi connectivity index (χ3v) is 6.42. The summed E-state index contributed by atoms with van der Waals surface area (Å²) in [6, 6.07) is 6.59. The molecule has 1 aromatic heterocycles. The first-order valence-corrected chi connectivity index (χ1v) is 11.6. The van der Waals surface area contributed by atoms with Gasteiger partial charge in [-0.2, -0.15) is 5.10 Å². The lowest BCUT2D eigenvalue weighted by molar-refractivity contribution is -0.115. The summed E-state index contributed by atoms with van der Waals surface area (Å²) in [5, 5.41) is 7.50. The van der Waals surface area contributed by atoms with Crippen molar-refractivity contribution >= 4 is 11.6 Å². The fourth-order valence-electron chi connectivity index (χ4n) is 4.83. The highest BCUT2D eigenvalue weighted by molar-refractivity contribution is 6.46. The fraction of sp³-hybridized carbons (Fsp3) is 0.560. The van der Waals surface area contributed by atoms with Gasteiger partial charge in [-0.25, -0.2) is 4.39 Å². The topological polar surface area (TPSA) is 62.5 Å². The summed E-state index contributed by atoms with van der Waals surface area (Å²) >= 11 is 0. The standard InChI is InChI=1S/C25H34FN5O/c1-17-12-21(9-11-31(17)16-25(2,3)26)29-24(32)23-22-13-19(20-14-28-30(4)15-20)8-7-18(22)6-5-10-27-23/h7-8,13-15,17,21H,5-6,9-12,16H2,1-4H3,(H,29,32)/t17-,21?/m0/s1. The van der Waals surface area contributed by atoms with Gasteiger partial charge in [-0.15, -0.1) is 0 Å². The SMILES string of the molecule is C[C@H]1CC(NC(=O)C2=NCCCc3ccc(-c4cnn(C)c4)cc32)CCN1CC(C)(C)F. The number of likely N-dealkylation sites (tertiary alicyclic amines) is 1. The lowest BCUT2D eigenvalue weighted by Gasteiger charge is -2.39. The molecule has 0 saturated carbocycles. The average Bonchev–Trinajstić information content (AvgIpc) is 3.04. The van der Waals surface area contributed by atoms with E-state index in [1.165, 1.54) is 0 Å². The molecule has 1 unspecified atom stereocenters. The lowest BCUT2D eigenvalue weighted by atomic mass is 9.94. The molecule has 0 radical (unpaired) electrons. The quantitative estimate of drug-likeness (QED) is 0.775. The van der Waals surface area contributed by atoms with Gasteiger partial charge in [0.25, 0.3) is 5.91 Å². The molecule has 2 atom stereocenters. The second kappa shape index (κ2) is 9.14. The first-order chi connectivity index (χ1) is 15.2. The zero-order valence-corrected chi connectivity index (χ0v) is 19.6. The highest BCUT2D eigenvalue weighted by Crippen LogP contribution is 2.26. The zero-order chi connectivity index (χ0) is 22.9. The van der Waals surface area contributed by atoms with E-state index in [1.54, 1.807) is 18.5 Å². The second-order valence-corrected chi connectivity index (χ2v) is 9.84. The van der Waals surface area contributed by atoms with Crippen LogP contribution in [0.1, 0.15) is 51.2 Å². The van der Waals surface area contributed by atoms with E-state index in [0.717, 1.165) is 54.5 Å². The van der Waals surface area contributed by atoms with Crippen LogP contribution >= 0.6 is 0 Å². The van der Waals surface area contributed by atoms with Crippen LogP contribution in [0.15, 0.2) is 35.6 Å². The van der Waals surface area contributed by atoms with Crippen molar-refractivity contribution in [2.24, 2.45) is 12.0 Å². The molecule has 0 bridgehead atoms. The molecule has 7 heteroatoms. The predicted molar refractivity (Wildman–Crippen MR) is 126 cm³/mol. The Bertz CT molecular complexity index is 1010. The largest absolute Gasteiger partial charge is 0.348 e. The number of carbonyl (C=O) groups excluding carboxylic acids is 1. The van der Waals surface area contributed by atoms with Gasteiger partial charge in [-0.3, -0.25) is 19.4 Å². The predicted octanol–water partition coefficient (Wildman–Crippen LogP) is 3.54. The van der Waals surface area contributed by atoms with Gasteiger partial charge in [-0.05, 0) is 63.6 Å². The van der Waals surface area contributed by atoms with Crippen LogP contribution in [0.25, 0.3) is 11.1 Å². The summed E-state index contributed by atoms with van der Waals surface area (Å²) in [6.45, 7) is 7.21. The molecule has 1 amide bonds. The van der Waals surface area contributed by atoms with Crippen LogP contribution in [-0.4, -0.2) is 63.7 Å². The van der Waals surface area contributed by atoms with E-state index in [0.29, 0.717) is 18.8 Å². The third-order valence-electron chi connectivity index (χ3n) is 6.42. The Morgan fingerprint density at radius 1 is 1.31 bits per heavy atom. The number of benzene rings is 1. The maximum absolute atomic E-state index is 14.1. The Morgan fingerprint density at radius 2 is 2.12 bits per heavy atom. The number of hydrogen-bond donors (Lipinski definition) is 1. The minimum absolute atomic E-state index is 0.0763. The number of amides is 1. The lowest BCUT2D eigenvalue weighted by Crippen LogP contribution is -2.52. The molecule has 1 aromatic carbocycles. The summed E-state index contributed by atoms with van der Waals surface area (Å²) in [5.74, 6) is -0.104. The molecule has 1 fully saturated rings. The van der Waals surface area contributed by atoms with Crippen LogP contribution in [0.5, 0.6) is 0 Å². The Balaban J connectivity index is 1.49. The molecule has 3 heterocycles. The van der Waals surface area contributed by atoms with Crippen molar-refractivity contribution in [3.05, 3.63) is 41.7 Å². The Kier molecular flexibility index (Phi) is 6.47. The molecule has 2 aliphatic rings. The number of halogens is 1. The number of fused-ring (bicyclic) bond motifs is 1. The van der Waals surface area contributed by atoms with Gasteiger partial charge in [0.05, 0.1) is 6.20 Å². The van der Waals surface area contributed by atoms with Gasteiger partial charge in [0.15, 0.2) is 0 Å². The number of carbonyl (C=O) groups is 1. The number of rotatable bonds is 5. The van der Waals surface area contributed by atoms with Gasteiger partial charge >= 0.3 is 0 Å². The van der Waals surface area contributed by atoms with Crippen molar-refractivity contribution in [3.8, 4) is 11.1 Å². The van der Waals surface area contributed by atoms with Gasteiger partial charge in [0, 0.05) is 56.1 Å². The van der Waals surface area contributed by atoms with E-state index in [1.807, 2.05) is 19.4 Å². The zero-order valence-electron chi connectivity index (χ0n) is 19.6. The van der Waals surface area contributed by atoms with E-state index < -0.39 is 5.67 Å². The third kappa shape index (κ3) is 5.26. The molecule has 1 saturated heterocycles. The molecule has 2 aromatic rings. The van der Waals surface area contributed by atoms with Crippen molar-refractivity contribution in [1.82, 2.24) is 20.0 Å². The minimum atomic E-state index is -1.21. The number of alkyl halides is 1. The molecule has 4 rings (SSSR count). The van der Waals surface area contributed by atoms with Crippen LogP contribution in [0.2, 0.25) is 0 Å². The number of aromatic nitrogens is 2. The van der Waals surface area contributed by atoms with E-state index in [2.05, 4.69) is 45.4 Å². The van der Waals surface area contributed by atoms with Crippen molar-refractivity contribution in [3.63, 3.8) is 0 Å². The van der Waals surface area contributed by atoms with Crippen molar-refractivity contribution < 1.29 is 9.18 Å². The van der Waals surface area contributed by atoms with Crippen molar-refractivity contribution in [2.45, 2.75) is 64.2 Å². The summed E-state index contributed by atoms with van der Waals surface area (Å²) in [6.07, 6.45) is 7.30. The number of hydrogen-bond acceptors (Lipinski definition) is 4.